The number of rotatable bonds is 2. The first-order valence-corrected chi connectivity index (χ1v) is 6.34. The van der Waals surface area contributed by atoms with E-state index < -0.39 is 0 Å². The minimum absolute atomic E-state index is 0.205. The first kappa shape index (κ1) is 12.8. The Balaban J connectivity index is 2.27. The van der Waals surface area contributed by atoms with Gasteiger partial charge in [-0.2, -0.15) is 5.10 Å². The molecule has 18 heavy (non-hydrogen) atoms. The van der Waals surface area contributed by atoms with Gasteiger partial charge < -0.3 is 5.32 Å². The van der Waals surface area contributed by atoms with Crippen LogP contribution < -0.4 is 5.32 Å². The fourth-order valence-corrected chi connectivity index (χ4v) is 2.56. The molecule has 1 aromatic heterocycles. The number of benzene rings is 1. The predicted octanol–water partition coefficient (Wildman–Crippen LogP) is 3.05. The molecule has 0 aliphatic carbocycles. The molecule has 0 bridgehead atoms. The second kappa shape index (κ2) is 4.94. The van der Waals surface area contributed by atoms with E-state index in [9.17, 15) is 4.79 Å². The van der Waals surface area contributed by atoms with Gasteiger partial charge in [-0.1, -0.05) is 6.07 Å². The van der Waals surface area contributed by atoms with Gasteiger partial charge in [0.05, 0.1) is 5.69 Å². The Morgan fingerprint density at radius 1 is 1.39 bits per heavy atom. The minimum atomic E-state index is -0.205. The van der Waals surface area contributed by atoms with E-state index >= 15 is 0 Å². The number of aromatic nitrogens is 2. The zero-order valence-electron chi connectivity index (χ0n) is 10.5. The second-order valence-corrected chi connectivity index (χ2v) is 5.12. The molecule has 0 fully saturated rings. The summed E-state index contributed by atoms with van der Waals surface area (Å²) in [5.41, 5.74) is 3.36. The fourth-order valence-electron chi connectivity index (χ4n) is 1.79. The summed E-state index contributed by atoms with van der Waals surface area (Å²) in [6, 6.07) is 5.69. The van der Waals surface area contributed by atoms with Gasteiger partial charge in [0.2, 0.25) is 0 Å². The van der Waals surface area contributed by atoms with E-state index in [2.05, 4.69) is 26.3 Å². The van der Waals surface area contributed by atoms with Crippen molar-refractivity contribution in [1.82, 2.24) is 9.78 Å². The van der Waals surface area contributed by atoms with E-state index in [-0.39, 0.29) is 5.91 Å². The number of halogens is 1. The average molecular weight is 308 g/mol. The van der Waals surface area contributed by atoms with Crippen molar-refractivity contribution in [3.05, 3.63) is 45.7 Å². The Bertz CT molecular complexity index is 581. The molecule has 2 rings (SSSR count). The Labute approximate surface area is 114 Å². The lowest BCUT2D eigenvalue weighted by Gasteiger charge is -2.10. The Morgan fingerprint density at radius 2 is 2.11 bits per heavy atom. The first-order valence-electron chi connectivity index (χ1n) is 5.55. The van der Waals surface area contributed by atoms with E-state index in [4.69, 9.17) is 0 Å². The maximum atomic E-state index is 12.0. The summed E-state index contributed by atoms with van der Waals surface area (Å²) >= 11 is 3.46. The highest BCUT2D eigenvalue weighted by Gasteiger charge is 2.12. The molecule has 5 heteroatoms. The van der Waals surface area contributed by atoms with Gasteiger partial charge in [0.25, 0.3) is 5.91 Å². The van der Waals surface area contributed by atoms with Gasteiger partial charge in [0.15, 0.2) is 5.69 Å². The van der Waals surface area contributed by atoms with Gasteiger partial charge in [-0.15, -0.1) is 0 Å². The Hall–Kier alpha value is -1.62. The number of amides is 1. The molecule has 2 aromatic rings. The monoisotopic (exact) mass is 307 g/mol. The molecular weight excluding hydrogens is 294 g/mol. The summed E-state index contributed by atoms with van der Waals surface area (Å²) in [6.45, 7) is 3.98. The molecule has 4 nitrogen and oxygen atoms in total. The number of nitrogens with one attached hydrogen (secondary N) is 1. The van der Waals surface area contributed by atoms with Crippen LogP contribution in [-0.4, -0.2) is 15.7 Å². The van der Waals surface area contributed by atoms with E-state index in [0.29, 0.717) is 5.69 Å². The van der Waals surface area contributed by atoms with Gasteiger partial charge in [-0.25, -0.2) is 0 Å². The van der Waals surface area contributed by atoms with Crippen LogP contribution in [0.2, 0.25) is 0 Å². The molecular formula is C13H14BrN3O. The molecule has 0 spiro atoms. The van der Waals surface area contributed by atoms with Crippen LogP contribution in [0, 0.1) is 13.8 Å². The topological polar surface area (TPSA) is 46.9 Å². The van der Waals surface area contributed by atoms with Crippen LogP contribution in [0.3, 0.4) is 0 Å². The van der Waals surface area contributed by atoms with Gasteiger partial charge in [0.1, 0.15) is 0 Å². The number of anilines is 1. The number of carbonyl (C=O) groups is 1. The van der Waals surface area contributed by atoms with E-state index in [1.165, 1.54) is 0 Å². The van der Waals surface area contributed by atoms with Crippen LogP contribution in [-0.2, 0) is 7.05 Å². The van der Waals surface area contributed by atoms with Gasteiger partial charge >= 0.3 is 0 Å². The van der Waals surface area contributed by atoms with Crippen molar-refractivity contribution in [2.75, 3.05) is 5.32 Å². The quantitative estimate of drug-likeness (QED) is 0.927. The largest absolute Gasteiger partial charge is 0.319 e. The van der Waals surface area contributed by atoms with Crippen LogP contribution in [0.15, 0.2) is 28.9 Å². The molecule has 1 N–H and O–H groups in total. The van der Waals surface area contributed by atoms with Crippen molar-refractivity contribution < 1.29 is 4.79 Å². The first-order chi connectivity index (χ1) is 8.47. The zero-order valence-corrected chi connectivity index (χ0v) is 12.1. The van der Waals surface area contributed by atoms with Gasteiger partial charge in [-0.3, -0.25) is 9.48 Å². The lowest BCUT2D eigenvalue weighted by Crippen LogP contribution is -2.14. The lowest BCUT2D eigenvalue weighted by atomic mass is 10.1. The molecule has 1 heterocycles. The van der Waals surface area contributed by atoms with Crippen molar-refractivity contribution in [2.45, 2.75) is 13.8 Å². The van der Waals surface area contributed by atoms with Gasteiger partial charge in [-0.05, 0) is 53.0 Å². The van der Waals surface area contributed by atoms with E-state index in [1.807, 2.05) is 26.0 Å². The van der Waals surface area contributed by atoms with Crippen LogP contribution in [0.1, 0.15) is 21.6 Å². The second-order valence-electron chi connectivity index (χ2n) is 4.27. The number of aryl methyl sites for hydroxylation is 3. The smallest absolute Gasteiger partial charge is 0.276 e. The summed E-state index contributed by atoms with van der Waals surface area (Å²) in [5.74, 6) is -0.205. The van der Waals surface area contributed by atoms with Crippen molar-refractivity contribution in [3.63, 3.8) is 0 Å². The molecule has 0 saturated heterocycles. The molecule has 0 unspecified atom stereocenters. The highest BCUT2D eigenvalue weighted by atomic mass is 79.9. The van der Waals surface area contributed by atoms with Crippen LogP contribution in [0.4, 0.5) is 5.69 Å². The number of nitrogens with zero attached hydrogens (tertiary/aromatic N) is 2. The molecule has 0 aliphatic heterocycles. The van der Waals surface area contributed by atoms with Crippen LogP contribution >= 0.6 is 15.9 Å². The Morgan fingerprint density at radius 3 is 2.67 bits per heavy atom. The molecule has 0 aliphatic rings. The van der Waals surface area contributed by atoms with Crippen molar-refractivity contribution in [2.24, 2.45) is 7.05 Å². The third kappa shape index (κ3) is 2.61. The summed E-state index contributed by atoms with van der Waals surface area (Å²) in [4.78, 5) is 12.0. The molecule has 1 amide bonds. The maximum Gasteiger partial charge on any atom is 0.276 e. The van der Waals surface area contributed by atoms with Crippen molar-refractivity contribution in [1.29, 1.82) is 0 Å². The third-order valence-electron chi connectivity index (χ3n) is 2.62. The average Bonchev–Trinajstić information content (AvgIpc) is 2.70. The fraction of sp³-hybridized carbons (Fsp3) is 0.231. The molecule has 0 atom stereocenters. The molecule has 0 saturated carbocycles. The highest BCUT2D eigenvalue weighted by Crippen LogP contribution is 2.28. The van der Waals surface area contributed by atoms with Crippen molar-refractivity contribution >= 4 is 27.5 Å². The number of hydrogen-bond donors (Lipinski definition) is 1. The molecule has 94 valence electrons. The number of hydrogen-bond acceptors (Lipinski definition) is 2. The number of carbonyl (C=O) groups excluding carboxylic acids is 1. The Kier molecular flexibility index (Phi) is 3.52. The molecule has 0 radical (unpaired) electrons. The minimum Gasteiger partial charge on any atom is -0.319 e. The van der Waals surface area contributed by atoms with Crippen LogP contribution in [0.5, 0.6) is 0 Å². The van der Waals surface area contributed by atoms with E-state index in [0.717, 1.165) is 21.3 Å². The third-order valence-corrected chi connectivity index (χ3v) is 3.24. The maximum absolute atomic E-state index is 12.0. The lowest BCUT2D eigenvalue weighted by molar-refractivity contribution is 0.102. The van der Waals surface area contributed by atoms with E-state index in [1.54, 1.807) is 24.0 Å². The summed E-state index contributed by atoms with van der Waals surface area (Å²) in [6.07, 6.45) is 1.74. The standard InChI is InChI=1S/C13H14BrN3O/c1-8-6-9(2)12(10(14)7-8)15-13(18)11-4-5-17(3)16-11/h4-7H,1-3H3,(H,15,18). The highest BCUT2D eigenvalue weighted by molar-refractivity contribution is 9.10. The molecule has 1 aromatic carbocycles. The van der Waals surface area contributed by atoms with Crippen molar-refractivity contribution in [3.8, 4) is 0 Å². The zero-order chi connectivity index (χ0) is 13.3. The van der Waals surface area contributed by atoms with Gasteiger partial charge in [0, 0.05) is 17.7 Å². The van der Waals surface area contributed by atoms with Crippen LogP contribution in [0.25, 0.3) is 0 Å². The SMILES string of the molecule is Cc1cc(C)c(NC(=O)c2ccn(C)n2)c(Br)c1. The predicted molar refractivity (Wildman–Crippen MR) is 74.8 cm³/mol. The normalized spacial score (nSPS) is 10.4. The summed E-state index contributed by atoms with van der Waals surface area (Å²) in [7, 11) is 1.78. The summed E-state index contributed by atoms with van der Waals surface area (Å²) < 4.78 is 2.48. The summed E-state index contributed by atoms with van der Waals surface area (Å²) in [5, 5.41) is 6.95.